The van der Waals surface area contributed by atoms with Gasteiger partial charge < -0.3 is 9.64 Å². The predicted molar refractivity (Wildman–Crippen MR) is 91.7 cm³/mol. The van der Waals surface area contributed by atoms with E-state index in [1.54, 1.807) is 7.11 Å². The molecule has 4 heteroatoms. The number of halogens is 1. The van der Waals surface area contributed by atoms with E-state index in [0.29, 0.717) is 6.04 Å². The number of alkyl halides is 1. The van der Waals surface area contributed by atoms with Crippen LogP contribution in [0.1, 0.15) is 25.7 Å². The van der Waals surface area contributed by atoms with Crippen LogP contribution in [0, 0.1) is 0 Å². The fraction of sp³-hybridized carbons (Fsp3) is 0.471. The number of methoxy groups -OCH3 is 1. The normalized spacial score (nSPS) is 15.0. The van der Waals surface area contributed by atoms with Crippen LogP contribution in [0.2, 0.25) is 0 Å². The number of benzene rings is 1. The van der Waals surface area contributed by atoms with Gasteiger partial charge in [-0.1, -0.05) is 28.1 Å². The quantitative estimate of drug-likeness (QED) is 0.724. The molecule has 3 nitrogen and oxygen atoms in total. The number of hydrogen-bond acceptors (Lipinski definition) is 3. The minimum atomic E-state index is 0.647. The summed E-state index contributed by atoms with van der Waals surface area (Å²) in [6.45, 7) is 1.05. The second kappa shape index (κ2) is 6.65. The zero-order valence-corrected chi connectivity index (χ0v) is 14.0. The van der Waals surface area contributed by atoms with Crippen molar-refractivity contribution in [2.45, 2.75) is 31.7 Å². The van der Waals surface area contributed by atoms with Crippen molar-refractivity contribution in [1.82, 2.24) is 4.98 Å². The molecule has 0 atom stereocenters. The average molecular weight is 349 g/mol. The van der Waals surface area contributed by atoms with E-state index in [2.05, 4.69) is 33.0 Å². The predicted octanol–water partition coefficient (Wildman–Crippen LogP) is 4.39. The van der Waals surface area contributed by atoms with Gasteiger partial charge >= 0.3 is 0 Å². The van der Waals surface area contributed by atoms with Crippen LogP contribution in [0.5, 0.6) is 5.75 Å². The molecule has 1 aromatic heterocycles. The zero-order chi connectivity index (χ0) is 14.7. The van der Waals surface area contributed by atoms with Gasteiger partial charge in [0.15, 0.2) is 0 Å². The molecule has 1 fully saturated rings. The summed E-state index contributed by atoms with van der Waals surface area (Å²) in [7, 11) is 1.73. The van der Waals surface area contributed by atoms with Crippen LogP contribution in [0.4, 0.5) is 5.82 Å². The molecule has 1 aromatic carbocycles. The summed E-state index contributed by atoms with van der Waals surface area (Å²) in [4.78, 5) is 7.19. The molecule has 0 N–H and O–H groups in total. The first-order valence-corrected chi connectivity index (χ1v) is 8.71. The van der Waals surface area contributed by atoms with Gasteiger partial charge in [-0.15, -0.1) is 0 Å². The highest BCUT2D eigenvalue weighted by atomic mass is 79.9. The second-order valence-corrected chi connectivity index (χ2v) is 6.30. The first kappa shape index (κ1) is 14.6. The SMILES string of the molecule is COc1cccc2c(N(CCCBr)C3CCC3)nccc12. The molecular formula is C17H21BrN2O. The number of hydrogen-bond donors (Lipinski definition) is 0. The van der Waals surface area contributed by atoms with Gasteiger partial charge in [0.25, 0.3) is 0 Å². The maximum Gasteiger partial charge on any atom is 0.136 e. The van der Waals surface area contributed by atoms with E-state index < -0.39 is 0 Å². The molecule has 0 saturated heterocycles. The third-order valence-electron chi connectivity index (χ3n) is 4.29. The Kier molecular flexibility index (Phi) is 4.63. The van der Waals surface area contributed by atoms with Crippen LogP contribution in [-0.2, 0) is 0 Å². The standard InChI is InChI=1S/C17H21BrN2O/c1-21-16-8-3-7-15-14(16)9-11-19-17(15)20(12-4-10-18)13-5-2-6-13/h3,7-9,11,13H,2,4-6,10,12H2,1H3. The van der Waals surface area contributed by atoms with Crippen molar-refractivity contribution in [3.05, 3.63) is 30.5 Å². The highest BCUT2D eigenvalue weighted by Crippen LogP contribution is 2.35. The molecule has 0 bridgehead atoms. The molecule has 2 aromatic rings. The Morgan fingerprint density at radius 1 is 1.29 bits per heavy atom. The molecule has 1 aliphatic rings. The zero-order valence-electron chi connectivity index (χ0n) is 12.4. The molecule has 1 aliphatic carbocycles. The fourth-order valence-electron chi connectivity index (χ4n) is 2.96. The monoisotopic (exact) mass is 348 g/mol. The lowest BCUT2D eigenvalue weighted by Crippen LogP contribution is -2.41. The van der Waals surface area contributed by atoms with Crippen molar-refractivity contribution >= 4 is 32.5 Å². The van der Waals surface area contributed by atoms with E-state index in [4.69, 9.17) is 9.72 Å². The van der Waals surface area contributed by atoms with Gasteiger partial charge in [0.2, 0.25) is 0 Å². The number of anilines is 1. The Balaban J connectivity index is 2.04. The number of pyridine rings is 1. The summed E-state index contributed by atoms with van der Waals surface area (Å²) in [5, 5.41) is 3.37. The van der Waals surface area contributed by atoms with Gasteiger partial charge in [-0.05, 0) is 37.8 Å². The van der Waals surface area contributed by atoms with Crippen LogP contribution < -0.4 is 9.64 Å². The highest BCUT2D eigenvalue weighted by molar-refractivity contribution is 9.09. The summed E-state index contributed by atoms with van der Waals surface area (Å²) in [6, 6.07) is 8.91. The smallest absolute Gasteiger partial charge is 0.136 e. The van der Waals surface area contributed by atoms with E-state index in [1.807, 2.05) is 18.3 Å². The van der Waals surface area contributed by atoms with Gasteiger partial charge in [0.1, 0.15) is 11.6 Å². The minimum absolute atomic E-state index is 0.647. The van der Waals surface area contributed by atoms with Crippen molar-refractivity contribution in [2.75, 3.05) is 23.9 Å². The maximum atomic E-state index is 5.49. The summed E-state index contributed by atoms with van der Waals surface area (Å²) in [5.74, 6) is 2.03. The summed E-state index contributed by atoms with van der Waals surface area (Å²) in [5.41, 5.74) is 0. The topological polar surface area (TPSA) is 25.4 Å². The van der Waals surface area contributed by atoms with Crippen LogP contribution in [0.3, 0.4) is 0 Å². The van der Waals surface area contributed by atoms with Gasteiger partial charge in [-0.3, -0.25) is 0 Å². The molecule has 0 unspecified atom stereocenters. The Bertz CT molecular complexity index is 613. The van der Waals surface area contributed by atoms with Crippen molar-refractivity contribution in [1.29, 1.82) is 0 Å². The number of nitrogens with zero attached hydrogens (tertiary/aromatic N) is 2. The van der Waals surface area contributed by atoms with Crippen LogP contribution >= 0.6 is 15.9 Å². The van der Waals surface area contributed by atoms with E-state index in [9.17, 15) is 0 Å². The Hall–Kier alpha value is -1.29. The third kappa shape index (κ3) is 2.86. The lowest BCUT2D eigenvalue weighted by Gasteiger charge is -2.39. The van der Waals surface area contributed by atoms with Crippen LogP contribution in [0.25, 0.3) is 10.8 Å². The van der Waals surface area contributed by atoms with E-state index in [0.717, 1.165) is 35.2 Å². The van der Waals surface area contributed by atoms with Crippen molar-refractivity contribution in [3.63, 3.8) is 0 Å². The van der Waals surface area contributed by atoms with Crippen molar-refractivity contribution < 1.29 is 4.74 Å². The minimum Gasteiger partial charge on any atom is -0.496 e. The van der Waals surface area contributed by atoms with Crippen molar-refractivity contribution in [2.24, 2.45) is 0 Å². The van der Waals surface area contributed by atoms with Crippen LogP contribution in [-0.4, -0.2) is 30.0 Å². The maximum absolute atomic E-state index is 5.49. The number of aromatic nitrogens is 1. The van der Waals surface area contributed by atoms with Gasteiger partial charge in [-0.2, -0.15) is 0 Å². The largest absolute Gasteiger partial charge is 0.496 e. The highest BCUT2D eigenvalue weighted by Gasteiger charge is 2.26. The lowest BCUT2D eigenvalue weighted by atomic mass is 9.91. The first-order valence-electron chi connectivity index (χ1n) is 7.59. The second-order valence-electron chi connectivity index (χ2n) is 5.51. The molecule has 0 amide bonds. The Labute approximate surface area is 134 Å². The lowest BCUT2D eigenvalue weighted by molar-refractivity contribution is 0.385. The molecule has 112 valence electrons. The average Bonchev–Trinajstić information content (AvgIpc) is 2.48. The van der Waals surface area contributed by atoms with Crippen molar-refractivity contribution in [3.8, 4) is 5.75 Å². The van der Waals surface area contributed by atoms with Crippen LogP contribution in [0.15, 0.2) is 30.5 Å². The number of fused-ring (bicyclic) bond motifs is 1. The molecule has 1 heterocycles. The van der Waals surface area contributed by atoms with E-state index in [1.165, 1.54) is 24.6 Å². The molecule has 3 rings (SSSR count). The molecule has 0 radical (unpaired) electrons. The molecule has 21 heavy (non-hydrogen) atoms. The summed E-state index contributed by atoms with van der Waals surface area (Å²) < 4.78 is 5.49. The van der Waals surface area contributed by atoms with E-state index >= 15 is 0 Å². The molecule has 1 saturated carbocycles. The summed E-state index contributed by atoms with van der Waals surface area (Å²) in [6.07, 6.45) is 6.94. The van der Waals surface area contributed by atoms with Gasteiger partial charge in [-0.25, -0.2) is 4.98 Å². The first-order chi connectivity index (χ1) is 10.3. The third-order valence-corrected chi connectivity index (χ3v) is 4.85. The molecule has 0 spiro atoms. The Morgan fingerprint density at radius 2 is 2.14 bits per heavy atom. The van der Waals surface area contributed by atoms with Gasteiger partial charge in [0.05, 0.1) is 7.11 Å². The molecule has 0 aliphatic heterocycles. The number of rotatable bonds is 6. The van der Waals surface area contributed by atoms with E-state index in [-0.39, 0.29) is 0 Å². The Morgan fingerprint density at radius 3 is 2.81 bits per heavy atom. The molecular weight excluding hydrogens is 328 g/mol. The fourth-order valence-corrected chi connectivity index (χ4v) is 3.21. The van der Waals surface area contributed by atoms with Gasteiger partial charge in [0, 0.05) is 34.9 Å². The summed E-state index contributed by atoms with van der Waals surface area (Å²) >= 11 is 3.54. The number of ether oxygens (including phenoxy) is 1.